The highest BCUT2D eigenvalue weighted by molar-refractivity contribution is 5.98. The van der Waals surface area contributed by atoms with Gasteiger partial charge in [0.1, 0.15) is 77.8 Å². The average Bonchev–Trinajstić information content (AvgIpc) is 1.73. The van der Waals surface area contributed by atoms with Gasteiger partial charge in [0.2, 0.25) is 53.2 Å². The van der Waals surface area contributed by atoms with Crippen LogP contribution >= 0.6 is 0 Å². The van der Waals surface area contributed by atoms with Crippen LogP contribution in [0, 0.1) is 0 Å². The number of amides is 14. The summed E-state index contributed by atoms with van der Waals surface area (Å²) in [6.45, 7) is 24.8. The van der Waals surface area contributed by atoms with E-state index in [1.54, 1.807) is 83.1 Å². The fraction of sp³-hybridized carbons (Fsp3) is 0.761. The zero-order valence-electron chi connectivity index (χ0n) is 65.0. The van der Waals surface area contributed by atoms with Gasteiger partial charge >= 0.3 is 36.4 Å². The number of alkyl carbamates (subject to hydrolysis) is 5. The highest BCUT2D eigenvalue weighted by Crippen LogP contribution is 2.23. The molecule has 0 saturated carbocycles. The number of nitrogens with one attached hydrogen (secondary N) is 12. The molecule has 8 atom stereocenters. The molecule has 36 heteroatoms. The minimum atomic E-state index is -1.37. The van der Waals surface area contributed by atoms with Crippen molar-refractivity contribution in [1.29, 1.82) is 0 Å². The molecule has 2 saturated heterocycles. The van der Waals surface area contributed by atoms with Gasteiger partial charge in [0.15, 0.2) is 0 Å². The van der Waals surface area contributed by atoms with Crippen molar-refractivity contribution in [3.05, 3.63) is 12.7 Å². The summed E-state index contributed by atoms with van der Waals surface area (Å²) in [7, 11) is 0. The van der Waals surface area contributed by atoms with Crippen molar-refractivity contribution >= 4 is 89.6 Å². The topological polar surface area (TPSA) is 499 Å². The van der Waals surface area contributed by atoms with Gasteiger partial charge in [-0.1, -0.05) is 12.7 Å². The Bertz CT molecular complexity index is 2960. The molecule has 0 spiro atoms. The second-order valence-electron chi connectivity index (χ2n) is 30.4. The summed E-state index contributed by atoms with van der Waals surface area (Å²) in [5.41, 5.74) is 3.30. The molecule has 2 heterocycles. The van der Waals surface area contributed by atoms with Gasteiger partial charge in [0.25, 0.3) is 0 Å². The van der Waals surface area contributed by atoms with Crippen molar-refractivity contribution in [2.75, 3.05) is 65.5 Å². The second kappa shape index (κ2) is 47.4. The molecule has 2 aliphatic heterocycles. The maximum Gasteiger partial charge on any atom is 0.407 e. The van der Waals surface area contributed by atoms with E-state index in [4.69, 9.17) is 29.4 Å². The number of carbonyl (C=O) groups is 15. The van der Waals surface area contributed by atoms with Gasteiger partial charge in [-0.2, -0.15) is 0 Å². The molecule has 0 bridgehead atoms. The molecule has 36 nitrogen and oxygen atoms in total. The maximum atomic E-state index is 14.9. The third-order valence-corrected chi connectivity index (χ3v) is 16.0. The van der Waals surface area contributed by atoms with E-state index in [-0.39, 0.29) is 129 Å². The highest BCUT2D eigenvalue weighted by Gasteiger charge is 2.41. The lowest BCUT2D eigenvalue weighted by molar-refractivity contribution is -0.143. The van der Waals surface area contributed by atoms with E-state index in [2.05, 4.69) is 70.4 Å². The Hall–Kier alpha value is -9.25. The van der Waals surface area contributed by atoms with Crippen molar-refractivity contribution in [3.8, 4) is 0 Å². The fourth-order valence-corrected chi connectivity index (χ4v) is 11.0. The van der Waals surface area contributed by atoms with Gasteiger partial charge in [-0.3, -0.25) is 47.9 Å². The number of unbranched alkanes of at least 4 members (excludes halogenated alkanes) is 5. The van der Waals surface area contributed by atoms with Crippen LogP contribution < -0.4 is 69.5 Å². The van der Waals surface area contributed by atoms with Crippen LogP contribution in [0.3, 0.4) is 0 Å². The van der Waals surface area contributed by atoms with Crippen LogP contribution in [0.25, 0.3) is 0 Å². The number of hydrogen-bond acceptors (Lipinski definition) is 21. The first-order valence-electron chi connectivity index (χ1n) is 37.0. The maximum absolute atomic E-state index is 14.9. The molecule has 0 unspecified atom stereocenters. The monoisotopic (exact) mass is 1520 g/mol. The Morgan fingerprint density at radius 3 is 1.13 bits per heavy atom. The number of hydrogen-bond donors (Lipinski definition) is 14. The number of carboxylic acid groups (broad SMARTS) is 1. The molecule has 608 valence electrons. The van der Waals surface area contributed by atoms with Crippen LogP contribution in [0.2, 0.25) is 0 Å². The number of carboxylic acids is 1. The Balaban J connectivity index is 2.43. The molecule has 0 aliphatic carbocycles. The largest absolute Gasteiger partial charge is 0.480 e. The number of carbonyl (C=O) groups excluding carboxylic acids is 14. The Morgan fingerprint density at radius 2 is 0.757 bits per heavy atom. The van der Waals surface area contributed by atoms with Crippen LogP contribution in [0.1, 0.15) is 212 Å². The highest BCUT2D eigenvalue weighted by atomic mass is 16.6. The lowest BCUT2D eigenvalue weighted by Gasteiger charge is -2.30. The lowest BCUT2D eigenvalue weighted by atomic mass is 10.0. The molecule has 0 aromatic rings. The minimum absolute atomic E-state index is 0.00311. The average molecular weight is 1520 g/mol. The molecular formula is C71H123N15O21. The van der Waals surface area contributed by atoms with Gasteiger partial charge < -0.3 is 108 Å². The normalized spacial score (nSPS) is 16.0. The number of aliphatic carboxylic acids is 1. The van der Waals surface area contributed by atoms with Crippen LogP contribution in [0.15, 0.2) is 12.7 Å². The zero-order valence-corrected chi connectivity index (χ0v) is 65.0. The van der Waals surface area contributed by atoms with Gasteiger partial charge in [-0.05, 0) is 212 Å². The number of nitrogens with two attached hydrogens (primary N) is 1. The molecule has 2 fully saturated rings. The zero-order chi connectivity index (χ0) is 80.7. The standard InChI is InChI=1S/C71H123N15O21/c1-15-42-103-63(98)73-35-22-18-30-48(82-56(91)46(72)28-16-21-36-74-64(99)104-68(3,4)5)58(93)84-50(32-20-25-39-77-67(102)107-71(12,13)14)62(97)85-40-26-33-51(85)59(94)78-43-53(87)81-47(29-17-23-37-75-65(100)105-69(6,7)8)57(92)80-45(2)55(90)83-49(31-19-24-38-76-66(101)106-70(9,10)11)61(96)86-41-27-34-52(86)60(95)79-44-54(88)89/h15,45-52H,1,16-44,72H2,2-14H3,(H,73,98)(H,74,99)(H,75,100)(H,76,101)(H,77,102)(H,78,94)(H,79,95)(H,80,92)(H,81,87)(H,82,91)(H,83,90)(H,84,93)(H,88,89)/t45-,46-,47-,48-,49-,50-,51-,52-/m0/s1. The molecule has 15 N–H and O–H groups in total. The Labute approximate surface area is 628 Å². The summed E-state index contributed by atoms with van der Waals surface area (Å²) < 4.78 is 26.2. The summed E-state index contributed by atoms with van der Waals surface area (Å²) in [4.78, 5) is 202. The predicted molar refractivity (Wildman–Crippen MR) is 392 cm³/mol. The smallest absolute Gasteiger partial charge is 0.407 e. The van der Waals surface area contributed by atoms with Crippen molar-refractivity contribution in [2.24, 2.45) is 5.73 Å². The minimum Gasteiger partial charge on any atom is -0.480 e. The van der Waals surface area contributed by atoms with Gasteiger partial charge in [-0.15, -0.1) is 0 Å². The summed E-state index contributed by atoms with van der Waals surface area (Å²) in [5.74, 6) is -8.10. The van der Waals surface area contributed by atoms with Gasteiger partial charge in [-0.25, -0.2) is 24.0 Å². The fourth-order valence-electron chi connectivity index (χ4n) is 11.0. The van der Waals surface area contributed by atoms with E-state index < -0.39 is 173 Å². The molecule has 107 heavy (non-hydrogen) atoms. The number of likely N-dealkylation sites (tertiary alicyclic amines) is 2. The lowest BCUT2D eigenvalue weighted by Crippen LogP contribution is -2.58. The Kier molecular flexibility index (Phi) is 41.6. The van der Waals surface area contributed by atoms with Crippen molar-refractivity contribution in [3.63, 3.8) is 0 Å². The molecule has 2 aliphatic rings. The first-order chi connectivity index (χ1) is 50.0. The van der Waals surface area contributed by atoms with Crippen LogP contribution in [-0.4, -0.2) is 241 Å². The summed E-state index contributed by atoms with van der Waals surface area (Å²) >= 11 is 0. The second-order valence-corrected chi connectivity index (χ2v) is 30.4. The van der Waals surface area contributed by atoms with Crippen LogP contribution in [-0.2, 0) is 71.6 Å². The van der Waals surface area contributed by atoms with Crippen molar-refractivity contribution in [2.45, 2.75) is 283 Å². The van der Waals surface area contributed by atoms with E-state index in [0.717, 1.165) is 0 Å². The molecular weight excluding hydrogens is 1400 g/mol. The van der Waals surface area contributed by atoms with Crippen molar-refractivity contribution < 1.29 is 101 Å². The van der Waals surface area contributed by atoms with Crippen LogP contribution in [0.5, 0.6) is 0 Å². The van der Waals surface area contributed by atoms with E-state index in [1.165, 1.54) is 22.8 Å². The van der Waals surface area contributed by atoms with Gasteiger partial charge in [0.05, 0.1) is 12.6 Å². The quantitative estimate of drug-likeness (QED) is 0.0237. The van der Waals surface area contributed by atoms with E-state index >= 15 is 0 Å². The first-order valence-corrected chi connectivity index (χ1v) is 37.0. The molecule has 14 amide bonds. The first kappa shape index (κ1) is 93.8. The number of ether oxygens (including phenoxy) is 5. The molecule has 0 aromatic carbocycles. The SMILES string of the molecule is C=CCOC(=O)NCCCC[C@H](NC(=O)[C@@H](N)CCCCNC(=O)OC(C)(C)C)C(=O)N[C@@H](CCCCNC(=O)OC(C)(C)C)C(=O)N1CCC[C@H]1C(=O)NCC(=O)N[C@@H](CCCCNC(=O)OC(C)(C)C)C(=O)N[C@@H](C)C(=O)N[C@@H](CCCCNC(=O)OC(C)(C)C)C(=O)N1CCC[C@H]1C(=O)NCC(=O)O. The third kappa shape index (κ3) is 41.5. The predicted octanol–water partition coefficient (Wildman–Crippen LogP) is 2.92. The molecule has 2 rings (SSSR count). The summed E-state index contributed by atoms with van der Waals surface area (Å²) in [6, 6.07) is -9.92. The molecule has 0 radical (unpaired) electrons. The number of rotatable bonds is 44. The number of nitrogens with zero attached hydrogens (tertiary/aromatic N) is 2. The summed E-state index contributed by atoms with van der Waals surface area (Å²) in [5, 5.41) is 40.6. The van der Waals surface area contributed by atoms with Crippen LogP contribution in [0.4, 0.5) is 24.0 Å². The van der Waals surface area contributed by atoms with E-state index in [9.17, 15) is 77.0 Å². The van der Waals surface area contributed by atoms with E-state index in [1.807, 2.05) is 0 Å². The van der Waals surface area contributed by atoms with Gasteiger partial charge in [0, 0.05) is 45.8 Å². The summed E-state index contributed by atoms with van der Waals surface area (Å²) in [6.07, 6.45) is 2.30. The third-order valence-electron chi connectivity index (χ3n) is 16.0. The molecule has 0 aromatic heterocycles. The van der Waals surface area contributed by atoms with E-state index in [0.29, 0.717) is 44.9 Å². The van der Waals surface area contributed by atoms with Crippen molar-refractivity contribution in [1.82, 2.24) is 73.6 Å². The Morgan fingerprint density at radius 1 is 0.430 bits per heavy atom.